The maximum absolute atomic E-state index is 14.2. The van der Waals surface area contributed by atoms with Crippen LogP contribution in [0.1, 0.15) is 27.9 Å². The predicted molar refractivity (Wildman–Crippen MR) is 157 cm³/mol. The van der Waals surface area contributed by atoms with Crippen LogP contribution >= 0.6 is 0 Å². The van der Waals surface area contributed by atoms with Crippen LogP contribution in [0, 0.1) is 0 Å². The summed E-state index contributed by atoms with van der Waals surface area (Å²) in [7, 11) is 3.34. The fraction of sp³-hybridized carbons (Fsp3) is 0.206. The molecular formula is C34H31NO5. The lowest BCUT2D eigenvalue weighted by atomic mass is 9.92. The number of aromatic nitrogens is 1. The average Bonchev–Trinajstić information content (AvgIpc) is 3.35. The fourth-order valence-corrected chi connectivity index (χ4v) is 5.52. The summed E-state index contributed by atoms with van der Waals surface area (Å²) in [5, 5.41) is 9.95. The molecule has 0 fully saturated rings. The van der Waals surface area contributed by atoms with E-state index in [0.29, 0.717) is 29.9 Å². The Morgan fingerprint density at radius 2 is 1.52 bits per heavy atom. The van der Waals surface area contributed by atoms with E-state index in [1.807, 2.05) is 42.5 Å². The SMILES string of the molecule is COc1ccc(-c2ccc3c(C(=O)c4ccc(OCCCO)cc4)c4n(c3c2)CCc2cc(OC)ccc2-4)cc1. The number of carbonyl (C=O) groups excluding carboxylic acids is 1. The number of aliphatic hydroxyl groups excluding tert-OH is 1. The van der Waals surface area contributed by atoms with Crippen molar-refractivity contribution in [3.63, 3.8) is 0 Å². The van der Waals surface area contributed by atoms with Crippen LogP contribution in [0.4, 0.5) is 0 Å². The summed E-state index contributed by atoms with van der Waals surface area (Å²) in [6.07, 6.45) is 1.41. The van der Waals surface area contributed by atoms with Gasteiger partial charge in [-0.25, -0.2) is 0 Å². The molecule has 6 rings (SSSR count). The number of benzene rings is 4. The van der Waals surface area contributed by atoms with Crippen LogP contribution in [0.2, 0.25) is 0 Å². The van der Waals surface area contributed by atoms with Gasteiger partial charge in [0.05, 0.1) is 32.1 Å². The van der Waals surface area contributed by atoms with Crippen LogP contribution in [-0.2, 0) is 13.0 Å². The number of hydrogen-bond donors (Lipinski definition) is 1. The molecule has 40 heavy (non-hydrogen) atoms. The minimum absolute atomic E-state index is 0.0264. The van der Waals surface area contributed by atoms with Gasteiger partial charge in [-0.2, -0.15) is 0 Å². The lowest BCUT2D eigenvalue weighted by Crippen LogP contribution is -2.13. The number of ketones is 1. The highest BCUT2D eigenvalue weighted by Gasteiger charge is 2.29. The number of fused-ring (bicyclic) bond motifs is 5. The van der Waals surface area contributed by atoms with Gasteiger partial charge in [-0.15, -0.1) is 0 Å². The van der Waals surface area contributed by atoms with Gasteiger partial charge in [0.15, 0.2) is 5.78 Å². The van der Waals surface area contributed by atoms with Gasteiger partial charge in [0.25, 0.3) is 0 Å². The van der Waals surface area contributed by atoms with Crippen LogP contribution in [0.5, 0.6) is 17.2 Å². The van der Waals surface area contributed by atoms with Gasteiger partial charge in [0, 0.05) is 41.6 Å². The molecule has 0 unspecified atom stereocenters. The van der Waals surface area contributed by atoms with Crippen molar-refractivity contribution >= 4 is 16.7 Å². The zero-order valence-corrected chi connectivity index (χ0v) is 22.6. The lowest BCUT2D eigenvalue weighted by molar-refractivity contribution is 0.104. The first-order valence-electron chi connectivity index (χ1n) is 13.5. The van der Waals surface area contributed by atoms with Crippen molar-refractivity contribution in [1.82, 2.24) is 4.57 Å². The Kier molecular flexibility index (Phi) is 7.01. The molecule has 0 saturated carbocycles. The highest BCUT2D eigenvalue weighted by molar-refractivity contribution is 6.21. The van der Waals surface area contributed by atoms with Gasteiger partial charge >= 0.3 is 0 Å². The lowest BCUT2D eigenvalue weighted by Gasteiger charge is -2.22. The Hall–Kier alpha value is -4.55. The highest BCUT2D eigenvalue weighted by Crippen LogP contribution is 2.42. The van der Waals surface area contributed by atoms with Crippen LogP contribution in [-0.4, -0.2) is 42.9 Å². The summed E-state index contributed by atoms with van der Waals surface area (Å²) < 4.78 is 18.8. The minimum atomic E-state index is -0.0264. The Labute approximate surface area is 233 Å². The number of nitrogens with zero attached hydrogens (tertiary/aromatic N) is 1. The average molecular weight is 534 g/mol. The molecule has 2 heterocycles. The van der Waals surface area contributed by atoms with E-state index in [9.17, 15) is 4.79 Å². The van der Waals surface area contributed by atoms with Crippen LogP contribution in [0.15, 0.2) is 84.9 Å². The van der Waals surface area contributed by atoms with Crippen LogP contribution in [0.3, 0.4) is 0 Å². The molecule has 0 aliphatic carbocycles. The maximum atomic E-state index is 14.2. The van der Waals surface area contributed by atoms with Crippen molar-refractivity contribution in [2.45, 2.75) is 19.4 Å². The third kappa shape index (κ3) is 4.61. The van der Waals surface area contributed by atoms with Crippen molar-refractivity contribution in [2.24, 2.45) is 0 Å². The molecule has 1 aliphatic rings. The van der Waals surface area contributed by atoms with E-state index < -0.39 is 0 Å². The molecule has 5 aromatic rings. The van der Waals surface area contributed by atoms with Crippen molar-refractivity contribution < 1.29 is 24.1 Å². The maximum Gasteiger partial charge on any atom is 0.195 e. The molecule has 202 valence electrons. The number of hydrogen-bond acceptors (Lipinski definition) is 5. The topological polar surface area (TPSA) is 69.9 Å². The number of rotatable bonds is 9. The summed E-state index contributed by atoms with van der Waals surface area (Å²) in [6.45, 7) is 1.28. The van der Waals surface area contributed by atoms with Gasteiger partial charge in [-0.3, -0.25) is 4.79 Å². The smallest absolute Gasteiger partial charge is 0.195 e. The third-order valence-corrected chi connectivity index (χ3v) is 7.57. The number of methoxy groups -OCH3 is 2. The zero-order valence-electron chi connectivity index (χ0n) is 22.6. The van der Waals surface area contributed by atoms with E-state index >= 15 is 0 Å². The minimum Gasteiger partial charge on any atom is -0.497 e. The largest absolute Gasteiger partial charge is 0.497 e. The van der Waals surface area contributed by atoms with Gasteiger partial charge in [0.1, 0.15) is 17.2 Å². The van der Waals surface area contributed by atoms with E-state index in [-0.39, 0.29) is 12.4 Å². The summed E-state index contributed by atoms with van der Waals surface area (Å²) in [6, 6.07) is 27.7. The quantitative estimate of drug-likeness (QED) is 0.172. The first kappa shape index (κ1) is 25.7. The molecule has 1 aliphatic heterocycles. The summed E-state index contributed by atoms with van der Waals surface area (Å²) in [4.78, 5) is 14.2. The molecular weight excluding hydrogens is 502 g/mol. The summed E-state index contributed by atoms with van der Waals surface area (Å²) >= 11 is 0. The van der Waals surface area contributed by atoms with Crippen molar-refractivity contribution in [3.05, 3.63) is 102 Å². The van der Waals surface area contributed by atoms with Gasteiger partial charge in [-0.1, -0.05) is 24.3 Å². The predicted octanol–water partition coefficient (Wildman–Crippen LogP) is 6.54. The normalized spacial score (nSPS) is 12.1. The number of aryl methyl sites for hydroxylation is 2. The second-order valence-corrected chi connectivity index (χ2v) is 9.89. The molecule has 0 spiro atoms. The van der Waals surface area contributed by atoms with Gasteiger partial charge in [0.2, 0.25) is 0 Å². The number of carbonyl (C=O) groups is 1. The fourth-order valence-electron chi connectivity index (χ4n) is 5.52. The summed E-state index contributed by atoms with van der Waals surface area (Å²) in [5.74, 6) is 2.28. The number of ether oxygens (including phenoxy) is 3. The second-order valence-electron chi connectivity index (χ2n) is 9.89. The Bertz CT molecular complexity index is 1680. The monoisotopic (exact) mass is 533 g/mol. The molecule has 0 bridgehead atoms. The molecule has 1 N–H and O–H groups in total. The van der Waals surface area contributed by atoms with Gasteiger partial charge in [-0.05, 0) is 83.8 Å². The first-order valence-corrected chi connectivity index (χ1v) is 13.5. The van der Waals surface area contributed by atoms with E-state index in [4.69, 9.17) is 19.3 Å². The van der Waals surface area contributed by atoms with Gasteiger partial charge < -0.3 is 23.9 Å². The van der Waals surface area contributed by atoms with Crippen molar-refractivity contribution in [3.8, 4) is 39.6 Å². The van der Waals surface area contributed by atoms with E-state index in [2.05, 4.69) is 47.0 Å². The molecule has 0 amide bonds. The van der Waals surface area contributed by atoms with Crippen LogP contribution < -0.4 is 14.2 Å². The standard InChI is InChI=1S/C34H31NO5/c1-38-26-9-4-22(5-10-26)24-8-14-30-31(21-24)35-17-16-25-20-28(39-2)13-15-29(25)33(35)32(30)34(37)23-6-11-27(12-7-23)40-19-3-18-36/h4-15,20-21,36H,3,16-19H2,1-2H3. The van der Waals surface area contributed by atoms with Crippen molar-refractivity contribution in [1.29, 1.82) is 0 Å². The van der Waals surface area contributed by atoms with E-state index in [1.165, 1.54) is 5.56 Å². The Morgan fingerprint density at radius 3 is 2.25 bits per heavy atom. The third-order valence-electron chi connectivity index (χ3n) is 7.57. The van der Waals surface area contributed by atoms with Crippen LogP contribution in [0.25, 0.3) is 33.3 Å². The Morgan fingerprint density at radius 1 is 0.825 bits per heavy atom. The molecule has 6 nitrogen and oxygen atoms in total. The molecule has 6 heteroatoms. The molecule has 0 saturated heterocycles. The first-order chi connectivity index (χ1) is 19.6. The zero-order chi connectivity index (χ0) is 27.6. The van der Waals surface area contributed by atoms with E-state index in [0.717, 1.165) is 57.8 Å². The second kappa shape index (κ2) is 10.9. The molecule has 0 atom stereocenters. The number of aliphatic hydroxyl groups is 1. The highest BCUT2D eigenvalue weighted by atomic mass is 16.5. The molecule has 1 aromatic heterocycles. The Balaban J connectivity index is 1.49. The van der Waals surface area contributed by atoms with E-state index in [1.54, 1.807) is 14.2 Å². The van der Waals surface area contributed by atoms with Crippen molar-refractivity contribution in [2.75, 3.05) is 27.4 Å². The molecule has 0 radical (unpaired) electrons. The molecule has 4 aromatic carbocycles. The summed E-state index contributed by atoms with van der Waals surface area (Å²) in [5.41, 5.74) is 7.69.